The molecule has 1 fully saturated rings. The van der Waals surface area contributed by atoms with Gasteiger partial charge in [0.25, 0.3) is 0 Å². The Kier molecular flexibility index (Phi) is 4.25. The molecule has 0 bridgehead atoms. The van der Waals surface area contributed by atoms with Gasteiger partial charge in [-0.2, -0.15) is 0 Å². The second-order valence-electron chi connectivity index (χ2n) is 5.69. The van der Waals surface area contributed by atoms with Gasteiger partial charge < -0.3 is 14.7 Å². The second-order valence-corrected chi connectivity index (χ2v) is 5.69. The van der Waals surface area contributed by atoms with Crippen LogP contribution in [0, 0.1) is 5.92 Å². The van der Waals surface area contributed by atoms with Crippen molar-refractivity contribution in [3.05, 3.63) is 30.5 Å². The Bertz CT molecular complexity index is 613. The summed E-state index contributed by atoms with van der Waals surface area (Å²) in [4.78, 5) is 6.96. The van der Waals surface area contributed by atoms with Crippen LogP contribution in [0.5, 0.6) is 5.75 Å². The monoisotopic (exact) mass is 286 g/mol. The van der Waals surface area contributed by atoms with E-state index < -0.39 is 0 Å². The van der Waals surface area contributed by atoms with Crippen molar-refractivity contribution in [3.8, 4) is 5.75 Å². The van der Waals surface area contributed by atoms with Gasteiger partial charge in [-0.15, -0.1) is 0 Å². The van der Waals surface area contributed by atoms with Crippen LogP contribution < -0.4 is 9.64 Å². The van der Waals surface area contributed by atoms with Gasteiger partial charge in [-0.25, -0.2) is 4.98 Å². The third-order valence-electron chi connectivity index (χ3n) is 4.31. The number of methoxy groups -OCH3 is 1. The number of aliphatic hydroxyl groups excluding tert-OH is 1. The van der Waals surface area contributed by atoms with Crippen molar-refractivity contribution in [2.45, 2.75) is 19.3 Å². The number of rotatable bonds is 4. The summed E-state index contributed by atoms with van der Waals surface area (Å²) in [5.41, 5.74) is 0. The fraction of sp³-hybridized carbons (Fsp3) is 0.471. The summed E-state index contributed by atoms with van der Waals surface area (Å²) in [7, 11) is 1.69. The largest absolute Gasteiger partial charge is 0.497 e. The molecule has 4 heteroatoms. The molecule has 1 atom stereocenters. The minimum Gasteiger partial charge on any atom is -0.497 e. The van der Waals surface area contributed by atoms with E-state index in [1.807, 2.05) is 18.3 Å². The topological polar surface area (TPSA) is 45.6 Å². The van der Waals surface area contributed by atoms with Gasteiger partial charge in [0.1, 0.15) is 11.6 Å². The third-order valence-corrected chi connectivity index (χ3v) is 4.31. The highest BCUT2D eigenvalue weighted by molar-refractivity contribution is 5.93. The van der Waals surface area contributed by atoms with Gasteiger partial charge in [0, 0.05) is 31.3 Å². The van der Waals surface area contributed by atoms with E-state index in [0.717, 1.165) is 36.5 Å². The van der Waals surface area contributed by atoms with Gasteiger partial charge in [0.2, 0.25) is 0 Å². The molecule has 0 radical (unpaired) electrons. The lowest BCUT2D eigenvalue weighted by Gasteiger charge is -2.34. The molecule has 0 spiro atoms. The van der Waals surface area contributed by atoms with Crippen molar-refractivity contribution in [1.82, 2.24) is 4.98 Å². The Labute approximate surface area is 125 Å². The minimum absolute atomic E-state index is 0.276. The fourth-order valence-electron chi connectivity index (χ4n) is 3.19. The first-order valence-corrected chi connectivity index (χ1v) is 7.60. The predicted octanol–water partition coefficient (Wildman–Crippen LogP) is 2.84. The number of pyridine rings is 1. The molecule has 1 saturated heterocycles. The first kappa shape index (κ1) is 14.1. The number of aromatic nitrogens is 1. The van der Waals surface area contributed by atoms with Gasteiger partial charge in [0.15, 0.2) is 0 Å². The van der Waals surface area contributed by atoms with Crippen LogP contribution in [0.1, 0.15) is 19.3 Å². The van der Waals surface area contributed by atoms with E-state index in [-0.39, 0.29) is 6.61 Å². The number of benzene rings is 1. The lowest BCUT2D eigenvalue weighted by atomic mass is 9.95. The minimum atomic E-state index is 0.276. The first-order chi connectivity index (χ1) is 10.3. The maximum absolute atomic E-state index is 9.16. The molecule has 2 aromatic rings. The zero-order chi connectivity index (χ0) is 14.7. The molecule has 1 aliphatic rings. The summed E-state index contributed by atoms with van der Waals surface area (Å²) >= 11 is 0. The average Bonchev–Trinajstić information content (AvgIpc) is 2.54. The first-order valence-electron chi connectivity index (χ1n) is 7.60. The van der Waals surface area contributed by atoms with Crippen LogP contribution in [-0.4, -0.2) is 36.9 Å². The molecule has 1 aliphatic heterocycles. The summed E-state index contributed by atoms with van der Waals surface area (Å²) in [5.74, 6) is 2.49. The molecular formula is C17H22N2O2. The Morgan fingerprint density at radius 1 is 1.38 bits per heavy atom. The molecular weight excluding hydrogens is 264 g/mol. The standard InChI is InChI=1S/C17H22N2O2/c1-21-15-4-5-16-14(11-15)6-8-18-17(16)19-9-2-3-13(12-19)7-10-20/h4-6,8,11,13,20H,2-3,7,9-10,12H2,1H3. The zero-order valence-corrected chi connectivity index (χ0v) is 12.5. The molecule has 112 valence electrons. The van der Waals surface area contributed by atoms with E-state index in [4.69, 9.17) is 9.84 Å². The van der Waals surface area contributed by atoms with Crippen molar-refractivity contribution < 1.29 is 9.84 Å². The van der Waals surface area contributed by atoms with E-state index in [0.29, 0.717) is 5.92 Å². The summed E-state index contributed by atoms with van der Waals surface area (Å²) in [5, 5.41) is 11.5. The van der Waals surface area contributed by atoms with Crippen LogP contribution in [0.3, 0.4) is 0 Å². The van der Waals surface area contributed by atoms with Crippen LogP contribution >= 0.6 is 0 Å². The maximum Gasteiger partial charge on any atom is 0.136 e. The van der Waals surface area contributed by atoms with E-state index in [1.165, 1.54) is 18.2 Å². The van der Waals surface area contributed by atoms with Crippen LogP contribution in [-0.2, 0) is 0 Å². The Hall–Kier alpha value is -1.81. The molecule has 0 aliphatic carbocycles. The number of ether oxygens (including phenoxy) is 1. The molecule has 0 amide bonds. The Morgan fingerprint density at radius 2 is 2.29 bits per heavy atom. The summed E-state index contributed by atoms with van der Waals surface area (Å²) in [6, 6.07) is 8.15. The maximum atomic E-state index is 9.16. The zero-order valence-electron chi connectivity index (χ0n) is 12.5. The average molecular weight is 286 g/mol. The predicted molar refractivity (Wildman–Crippen MR) is 84.9 cm³/mol. The number of aliphatic hydroxyl groups is 1. The normalized spacial score (nSPS) is 19.0. The van der Waals surface area contributed by atoms with Crippen LogP contribution in [0.4, 0.5) is 5.82 Å². The van der Waals surface area contributed by atoms with E-state index >= 15 is 0 Å². The smallest absolute Gasteiger partial charge is 0.136 e. The SMILES string of the molecule is COc1ccc2c(N3CCCC(CCO)C3)nccc2c1. The van der Waals surface area contributed by atoms with Gasteiger partial charge in [-0.1, -0.05) is 0 Å². The summed E-state index contributed by atoms with van der Waals surface area (Å²) < 4.78 is 5.29. The Morgan fingerprint density at radius 3 is 3.10 bits per heavy atom. The Balaban J connectivity index is 1.92. The highest BCUT2D eigenvalue weighted by Crippen LogP contribution is 2.31. The van der Waals surface area contributed by atoms with Gasteiger partial charge in [-0.3, -0.25) is 0 Å². The van der Waals surface area contributed by atoms with Crippen LogP contribution in [0.15, 0.2) is 30.5 Å². The quantitative estimate of drug-likeness (QED) is 0.938. The van der Waals surface area contributed by atoms with Gasteiger partial charge in [-0.05, 0) is 54.8 Å². The molecule has 2 heterocycles. The fourth-order valence-corrected chi connectivity index (χ4v) is 3.19. The number of anilines is 1. The molecule has 4 nitrogen and oxygen atoms in total. The van der Waals surface area contributed by atoms with Gasteiger partial charge in [0.05, 0.1) is 7.11 Å². The summed E-state index contributed by atoms with van der Waals surface area (Å²) in [6.07, 6.45) is 5.12. The lowest BCUT2D eigenvalue weighted by Crippen LogP contribution is -2.36. The molecule has 21 heavy (non-hydrogen) atoms. The number of hydrogen-bond donors (Lipinski definition) is 1. The van der Waals surface area contributed by atoms with Crippen LogP contribution in [0.2, 0.25) is 0 Å². The molecule has 1 aromatic heterocycles. The number of hydrogen-bond acceptors (Lipinski definition) is 4. The van der Waals surface area contributed by atoms with Crippen molar-refractivity contribution in [2.75, 3.05) is 31.7 Å². The number of piperidine rings is 1. The molecule has 0 saturated carbocycles. The third kappa shape index (κ3) is 2.95. The van der Waals surface area contributed by atoms with Gasteiger partial charge >= 0.3 is 0 Å². The summed E-state index contributed by atoms with van der Waals surface area (Å²) in [6.45, 7) is 2.30. The van der Waals surface area contributed by atoms with E-state index in [2.05, 4.69) is 22.0 Å². The molecule has 1 aromatic carbocycles. The van der Waals surface area contributed by atoms with E-state index in [9.17, 15) is 0 Å². The number of nitrogens with zero attached hydrogens (tertiary/aromatic N) is 2. The lowest BCUT2D eigenvalue weighted by molar-refractivity contribution is 0.244. The van der Waals surface area contributed by atoms with E-state index in [1.54, 1.807) is 7.11 Å². The molecule has 3 rings (SSSR count). The highest BCUT2D eigenvalue weighted by atomic mass is 16.5. The van der Waals surface area contributed by atoms with Crippen molar-refractivity contribution in [1.29, 1.82) is 0 Å². The highest BCUT2D eigenvalue weighted by Gasteiger charge is 2.21. The van der Waals surface area contributed by atoms with Crippen LogP contribution in [0.25, 0.3) is 10.8 Å². The molecule has 1 unspecified atom stereocenters. The molecule has 1 N–H and O–H groups in total. The van der Waals surface area contributed by atoms with Crippen molar-refractivity contribution in [3.63, 3.8) is 0 Å². The number of fused-ring (bicyclic) bond motifs is 1. The van der Waals surface area contributed by atoms with Crippen molar-refractivity contribution in [2.24, 2.45) is 5.92 Å². The second kappa shape index (κ2) is 6.31. The van der Waals surface area contributed by atoms with Crippen molar-refractivity contribution >= 4 is 16.6 Å².